The van der Waals surface area contributed by atoms with Crippen LogP contribution < -0.4 is 5.56 Å². The van der Waals surface area contributed by atoms with Crippen molar-refractivity contribution in [1.82, 2.24) is 9.78 Å². The standard InChI is InChI=1S/C16H15F3N2O5S2/c1-8(27-15(23)24)13-11(7-20-21(2)14(13)22)10-5-4-9(16(17,18)19)6-12(10)28(3,25)26/h4-8H,1-3H3,(H,23,24). The van der Waals surface area contributed by atoms with Crippen molar-refractivity contribution in [2.75, 3.05) is 6.26 Å². The second-order valence-corrected chi connectivity index (χ2v) is 9.18. The van der Waals surface area contributed by atoms with Crippen LogP contribution in [-0.4, -0.2) is 34.9 Å². The maximum absolute atomic E-state index is 13.0. The Labute approximate surface area is 162 Å². The molecule has 1 atom stereocenters. The number of alkyl halides is 3. The van der Waals surface area contributed by atoms with Gasteiger partial charge in [-0.2, -0.15) is 18.3 Å². The van der Waals surface area contributed by atoms with Gasteiger partial charge in [-0.05, 0) is 30.8 Å². The van der Waals surface area contributed by atoms with E-state index in [4.69, 9.17) is 5.11 Å². The zero-order chi connectivity index (χ0) is 21.4. The molecule has 1 aromatic carbocycles. The number of sulfone groups is 1. The number of hydrogen-bond donors (Lipinski definition) is 1. The molecule has 1 N–H and O–H groups in total. The van der Waals surface area contributed by atoms with Gasteiger partial charge in [0.2, 0.25) is 0 Å². The fraction of sp³-hybridized carbons (Fsp3) is 0.312. The topological polar surface area (TPSA) is 106 Å². The molecule has 28 heavy (non-hydrogen) atoms. The van der Waals surface area contributed by atoms with Gasteiger partial charge >= 0.3 is 11.5 Å². The molecule has 0 aliphatic carbocycles. The first-order valence-electron chi connectivity index (χ1n) is 7.61. The molecule has 0 aliphatic rings. The quantitative estimate of drug-likeness (QED) is 0.783. The molecule has 0 bridgehead atoms. The van der Waals surface area contributed by atoms with Crippen LogP contribution in [0.2, 0.25) is 0 Å². The van der Waals surface area contributed by atoms with E-state index in [-0.39, 0.29) is 16.7 Å². The molecule has 0 fully saturated rings. The highest BCUT2D eigenvalue weighted by Crippen LogP contribution is 2.38. The SMILES string of the molecule is CC(SC(=O)O)c1c(-c2ccc(C(F)(F)F)cc2S(C)(=O)=O)cnn(C)c1=O. The Morgan fingerprint density at radius 1 is 1.29 bits per heavy atom. The Hall–Kier alpha value is -2.34. The monoisotopic (exact) mass is 436 g/mol. The second-order valence-electron chi connectivity index (χ2n) is 5.91. The molecule has 0 aliphatic heterocycles. The lowest BCUT2D eigenvalue weighted by atomic mass is 9.99. The molecule has 152 valence electrons. The van der Waals surface area contributed by atoms with E-state index >= 15 is 0 Å². The number of hydrogen-bond acceptors (Lipinski definition) is 6. The summed E-state index contributed by atoms with van der Waals surface area (Å²) < 4.78 is 64.3. The number of rotatable bonds is 4. The maximum atomic E-state index is 13.0. The highest BCUT2D eigenvalue weighted by atomic mass is 32.2. The lowest BCUT2D eigenvalue weighted by molar-refractivity contribution is -0.137. The number of aromatic nitrogens is 2. The third-order valence-electron chi connectivity index (χ3n) is 3.86. The summed E-state index contributed by atoms with van der Waals surface area (Å²) in [6.07, 6.45) is -2.89. The first-order chi connectivity index (χ1) is 12.7. The van der Waals surface area contributed by atoms with Gasteiger partial charge in [-0.3, -0.25) is 4.79 Å². The molecule has 1 aromatic heterocycles. The molecule has 7 nitrogen and oxygen atoms in total. The Balaban J connectivity index is 2.87. The van der Waals surface area contributed by atoms with Gasteiger partial charge in [-0.15, -0.1) is 0 Å². The first kappa shape index (κ1) is 22.0. The molecule has 0 saturated heterocycles. The van der Waals surface area contributed by atoms with Crippen molar-refractivity contribution >= 4 is 26.9 Å². The van der Waals surface area contributed by atoms with E-state index in [1.807, 2.05) is 0 Å². The zero-order valence-electron chi connectivity index (χ0n) is 14.8. The van der Waals surface area contributed by atoms with Gasteiger partial charge in [0.15, 0.2) is 9.84 Å². The number of halogens is 3. The Morgan fingerprint density at radius 3 is 2.39 bits per heavy atom. The van der Waals surface area contributed by atoms with E-state index in [0.29, 0.717) is 23.9 Å². The van der Waals surface area contributed by atoms with E-state index in [1.54, 1.807) is 0 Å². The minimum Gasteiger partial charge on any atom is -0.473 e. The number of carboxylic acid groups (broad SMARTS) is 1. The molecule has 12 heteroatoms. The maximum Gasteiger partial charge on any atom is 0.416 e. The number of benzene rings is 1. The highest BCUT2D eigenvalue weighted by Gasteiger charge is 2.33. The molecular weight excluding hydrogens is 421 g/mol. The summed E-state index contributed by atoms with van der Waals surface area (Å²) in [6.45, 7) is 1.42. The average Bonchev–Trinajstić information content (AvgIpc) is 2.54. The lowest BCUT2D eigenvalue weighted by Crippen LogP contribution is -2.25. The summed E-state index contributed by atoms with van der Waals surface area (Å²) in [5.74, 6) is 0. The fourth-order valence-electron chi connectivity index (χ4n) is 2.60. The summed E-state index contributed by atoms with van der Waals surface area (Å²) in [5, 5.41) is 10.6. The smallest absolute Gasteiger partial charge is 0.416 e. The van der Waals surface area contributed by atoms with Crippen molar-refractivity contribution in [1.29, 1.82) is 0 Å². The summed E-state index contributed by atoms with van der Waals surface area (Å²) in [6, 6.07) is 2.12. The molecule has 0 radical (unpaired) electrons. The summed E-state index contributed by atoms with van der Waals surface area (Å²) >= 11 is 0.406. The van der Waals surface area contributed by atoms with E-state index < -0.39 is 42.6 Å². The number of nitrogens with zero attached hydrogens (tertiary/aromatic N) is 2. The molecule has 0 saturated carbocycles. The zero-order valence-corrected chi connectivity index (χ0v) is 16.4. The van der Waals surface area contributed by atoms with Crippen LogP contribution >= 0.6 is 11.8 Å². The number of thioether (sulfide) groups is 1. The summed E-state index contributed by atoms with van der Waals surface area (Å²) in [5.41, 5.74) is -2.12. The van der Waals surface area contributed by atoms with Crippen molar-refractivity contribution in [2.45, 2.75) is 23.2 Å². The number of carbonyl (C=O) groups is 1. The molecule has 1 unspecified atom stereocenters. The van der Waals surface area contributed by atoms with Gasteiger partial charge in [0, 0.05) is 35.2 Å². The van der Waals surface area contributed by atoms with Crippen molar-refractivity contribution < 1.29 is 31.5 Å². The van der Waals surface area contributed by atoms with E-state index in [2.05, 4.69) is 5.10 Å². The molecule has 0 amide bonds. The van der Waals surface area contributed by atoms with Crippen LogP contribution in [0.5, 0.6) is 0 Å². The van der Waals surface area contributed by atoms with Gasteiger partial charge in [0.25, 0.3) is 5.56 Å². The van der Waals surface area contributed by atoms with E-state index in [1.165, 1.54) is 14.0 Å². The van der Waals surface area contributed by atoms with Crippen LogP contribution in [0.1, 0.15) is 23.3 Å². The average molecular weight is 436 g/mol. The third-order valence-corrected chi connectivity index (χ3v) is 5.78. The molecule has 2 aromatic rings. The van der Waals surface area contributed by atoms with Crippen LogP contribution in [0, 0.1) is 0 Å². The van der Waals surface area contributed by atoms with Crippen molar-refractivity contribution in [3.05, 3.63) is 45.9 Å². The van der Waals surface area contributed by atoms with Gasteiger partial charge in [-0.1, -0.05) is 6.07 Å². The van der Waals surface area contributed by atoms with Crippen molar-refractivity contribution in [3.63, 3.8) is 0 Å². The molecule has 0 spiro atoms. The van der Waals surface area contributed by atoms with Crippen LogP contribution in [-0.2, 0) is 23.1 Å². The van der Waals surface area contributed by atoms with E-state index in [9.17, 15) is 31.2 Å². The molecule has 2 rings (SSSR count). The Morgan fingerprint density at radius 2 is 1.89 bits per heavy atom. The normalized spacial score (nSPS) is 13.4. The Kier molecular flexibility index (Phi) is 5.95. The largest absolute Gasteiger partial charge is 0.473 e. The lowest BCUT2D eigenvalue weighted by Gasteiger charge is -2.17. The van der Waals surface area contributed by atoms with Crippen molar-refractivity contribution in [3.8, 4) is 11.1 Å². The fourth-order valence-corrected chi connectivity index (χ4v) is 4.17. The number of aryl methyl sites for hydroxylation is 1. The Bertz CT molecular complexity index is 1090. The summed E-state index contributed by atoms with van der Waals surface area (Å²) in [7, 11) is -2.80. The minimum atomic E-state index is -4.77. The van der Waals surface area contributed by atoms with Crippen LogP contribution in [0.25, 0.3) is 11.1 Å². The van der Waals surface area contributed by atoms with Crippen LogP contribution in [0.3, 0.4) is 0 Å². The molecular formula is C16H15F3N2O5S2. The second kappa shape index (κ2) is 7.59. The predicted octanol–water partition coefficient (Wildman–Crippen LogP) is 3.34. The molecule has 1 heterocycles. The van der Waals surface area contributed by atoms with Gasteiger partial charge < -0.3 is 5.11 Å². The summed E-state index contributed by atoms with van der Waals surface area (Å²) in [4.78, 5) is 22.9. The van der Waals surface area contributed by atoms with Crippen molar-refractivity contribution in [2.24, 2.45) is 7.05 Å². The van der Waals surface area contributed by atoms with Crippen LogP contribution in [0.15, 0.2) is 34.1 Å². The van der Waals surface area contributed by atoms with Gasteiger partial charge in [0.1, 0.15) is 0 Å². The minimum absolute atomic E-state index is 0.0431. The predicted molar refractivity (Wildman–Crippen MR) is 97.1 cm³/mol. The first-order valence-corrected chi connectivity index (χ1v) is 10.4. The highest BCUT2D eigenvalue weighted by molar-refractivity contribution is 8.13. The third kappa shape index (κ3) is 4.55. The van der Waals surface area contributed by atoms with E-state index in [0.717, 1.165) is 23.2 Å². The van der Waals surface area contributed by atoms with Crippen LogP contribution in [0.4, 0.5) is 18.0 Å². The van der Waals surface area contributed by atoms with Gasteiger partial charge in [-0.25, -0.2) is 17.9 Å². The van der Waals surface area contributed by atoms with Gasteiger partial charge in [0.05, 0.1) is 16.7 Å².